The topological polar surface area (TPSA) is 68.3 Å². The van der Waals surface area contributed by atoms with Crippen molar-refractivity contribution in [3.63, 3.8) is 0 Å². The van der Waals surface area contributed by atoms with Crippen molar-refractivity contribution in [1.29, 1.82) is 0 Å². The van der Waals surface area contributed by atoms with E-state index in [1.165, 1.54) is 0 Å². The van der Waals surface area contributed by atoms with Gasteiger partial charge in [0, 0.05) is 23.7 Å². The highest BCUT2D eigenvalue weighted by Crippen LogP contribution is 2.42. The summed E-state index contributed by atoms with van der Waals surface area (Å²) in [6.45, 7) is 0. The molecule has 0 radical (unpaired) electrons. The molecule has 4 saturated carbocycles. The molecule has 4 unspecified atom stereocenters. The van der Waals surface area contributed by atoms with Crippen LogP contribution in [0.15, 0.2) is 35.4 Å². The maximum atomic E-state index is 12.8. The number of rotatable bonds is 2. The highest BCUT2D eigenvalue weighted by atomic mass is 16.2. The van der Waals surface area contributed by atoms with Gasteiger partial charge in [-0.05, 0) is 55.0 Å². The quantitative estimate of drug-likeness (QED) is 0.544. The molecule has 30 heavy (non-hydrogen) atoms. The fraction of sp³-hybridized carbons (Fsp3) is 0.462. The first-order valence-electron chi connectivity index (χ1n) is 11.2. The lowest BCUT2D eigenvalue weighted by Crippen LogP contribution is -2.21. The lowest BCUT2D eigenvalue weighted by Gasteiger charge is -2.21. The summed E-state index contributed by atoms with van der Waals surface area (Å²) in [7, 11) is 0. The van der Waals surface area contributed by atoms with E-state index >= 15 is 0 Å². The van der Waals surface area contributed by atoms with Crippen molar-refractivity contribution >= 4 is 35.3 Å². The molecule has 0 bridgehead atoms. The zero-order valence-corrected chi connectivity index (χ0v) is 17.1. The van der Waals surface area contributed by atoms with Gasteiger partial charge in [0.1, 0.15) is 0 Å². The van der Waals surface area contributed by atoms with E-state index < -0.39 is 0 Å². The summed E-state index contributed by atoms with van der Waals surface area (Å²) in [5.41, 5.74) is 2.15. The number of carbonyl (C=O) groups excluding carboxylic acids is 4. The molecule has 0 aliphatic heterocycles. The summed E-state index contributed by atoms with van der Waals surface area (Å²) >= 11 is 0. The first-order chi connectivity index (χ1) is 14.5. The summed E-state index contributed by atoms with van der Waals surface area (Å²) in [4.78, 5) is 51.0. The number of hydrogen-bond donors (Lipinski definition) is 0. The first-order valence-corrected chi connectivity index (χ1v) is 11.2. The lowest BCUT2D eigenvalue weighted by molar-refractivity contribution is -0.120. The second kappa shape index (κ2) is 7.57. The fourth-order valence-electron chi connectivity index (χ4n) is 5.92. The lowest BCUT2D eigenvalue weighted by atomic mass is 9.81. The predicted molar refractivity (Wildman–Crippen MR) is 113 cm³/mol. The van der Waals surface area contributed by atoms with Gasteiger partial charge in [-0.3, -0.25) is 19.2 Å². The average Bonchev–Trinajstić information content (AvgIpc) is 3.15. The van der Waals surface area contributed by atoms with Crippen LogP contribution in [0.3, 0.4) is 0 Å². The van der Waals surface area contributed by atoms with Crippen LogP contribution in [-0.4, -0.2) is 23.1 Å². The Morgan fingerprint density at radius 1 is 0.567 bits per heavy atom. The summed E-state index contributed by atoms with van der Waals surface area (Å²) < 4.78 is 0. The molecule has 4 nitrogen and oxygen atoms in total. The van der Waals surface area contributed by atoms with E-state index in [-0.39, 0.29) is 46.8 Å². The third-order valence-electron chi connectivity index (χ3n) is 7.47. The van der Waals surface area contributed by atoms with Crippen LogP contribution in [0.25, 0.3) is 12.2 Å². The highest BCUT2D eigenvalue weighted by molar-refractivity contribution is 6.30. The SMILES string of the molecule is O=C1C(=Cc2cccc(C=C3C(=O)C4CCCCC4C3=O)c2)C(=O)C2CCCCC12. The maximum absolute atomic E-state index is 12.8. The van der Waals surface area contributed by atoms with Gasteiger partial charge < -0.3 is 0 Å². The van der Waals surface area contributed by atoms with Crippen LogP contribution in [0, 0.1) is 23.7 Å². The number of ketones is 4. The van der Waals surface area contributed by atoms with Crippen molar-refractivity contribution in [3.8, 4) is 0 Å². The smallest absolute Gasteiger partial charge is 0.170 e. The third-order valence-corrected chi connectivity index (χ3v) is 7.47. The van der Waals surface area contributed by atoms with Gasteiger partial charge in [0.15, 0.2) is 23.1 Å². The van der Waals surface area contributed by atoms with Crippen LogP contribution in [-0.2, 0) is 19.2 Å². The molecule has 4 heteroatoms. The molecule has 1 aromatic carbocycles. The molecule has 0 aromatic heterocycles. The van der Waals surface area contributed by atoms with E-state index in [0.717, 1.165) is 62.5 Å². The van der Waals surface area contributed by atoms with Crippen LogP contribution >= 0.6 is 0 Å². The Balaban J connectivity index is 1.44. The molecule has 1 aromatic rings. The van der Waals surface area contributed by atoms with E-state index in [2.05, 4.69) is 0 Å². The van der Waals surface area contributed by atoms with Crippen molar-refractivity contribution in [1.82, 2.24) is 0 Å². The van der Waals surface area contributed by atoms with Crippen molar-refractivity contribution in [2.45, 2.75) is 51.4 Å². The van der Waals surface area contributed by atoms with Gasteiger partial charge in [0.25, 0.3) is 0 Å². The largest absolute Gasteiger partial charge is 0.294 e. The Labute approximate surface area is 176 Å². The fourth-order valence-corrected chi connectivity index (χ4v) is 5.92. The van der Waals surface area contributed by atoms with Crippen molar-refractivity contribution in [2.75, 3.05) is 0 Å². The molecule has 4 aliphatic rings. The zero-order chi connectivity index (χ0) is 20.8. The Bertz CT molecular complexity index is 882. The number of allylic oxidation sites excluding steroid dienone is 2. The molecule has 0 spiro atoms. The minimum absolute atomic E-state index is 0.0151. The first kappa shape index (κ1) is 19.3. The van der Waals surface area contributed by atoms with Crippen LogP contribution in [0.4, 0.5) is 0 Å². The van der Waals surface area contributed by atoms with Crippen LogP contribution in [0.2, 0.25) is 0 Å². The molecule has 0 heterocycles. The molecule has 4 fully saturated rings. The molecule has 154 valence electrons. The summed E-state index contributed by atoms with van der Waals surface area (Å²) in [5, 5.41) is 0. The number of fused-ring (bicyclic) bond motifs is 2. The van der Waals surface area contributed by atoms with Crippen LogP contribution < -0.4 is 0 Å². The van der Waals surface area contributed by atoms with E-state index in [1.807, 2.05) is 24.3 Å². The molecule has 4 aliphatic carbocycles. The average molecular weight is 402 g/mol. The van der Waals surface area contributed by atoms with Gasteiger partial charge in [0.2, 0.25) is 0 Å². The van der Waals surface area contributed by atoms with Gasteiger partial charge in [-0.1, -0.05) is 43.9 Å². The maximum Gasteiger partial charge on any atom is 0.170 e. The minimum Gasteiger partial charge on any atom is -0.294 e. The van der Waals surface area contributed by atoms with Gasteiger partial charge in [-0.25, -0.2) is 0 Å². The number of hydrogen-bond acceptors (Lipinski definition) is 4. The van der Waals surface area contributed by atoms with Crippen LogP contribution in [0.1, 0.15) is 62.5 Å². The van der Waals surface area contributed by atoms with E-state index in [4.69, 9.17) is 0 Å². The second-order valence-electron chi connectivity index (χ2n) is 9.24. The molecule has 5 rings (SSSR count). The standard InChI is InChI=1S/C26H26O4/c27-23-17-8-1-2-9-18(17)24(28)21(23)13-15-6-5-7-16(12-15)14-22-25(29)19-10-3-4-11-20(19)26(22)30/h5-7,12-14,17-20H,1-4,8-11H2. The molecular weight excluding hydrogens is 376 g/mol. The number of Topliss-reactive ketones (excluding diaryl/α,β-unsaturated/α-hetero) is 4. The second-order valence-corrected chi connectivity index (χ2v) is 9.24. The van der Waals surface area contributed by atoms with Crippen molar-refractivity contribution < 1.29 is 19.2 Å². The van der Waals surface area contributed by atoms with Gasteiger partial charge in [-0.15, -0.1) is 0 Å². The highest BCUT2D eigenvalue weighted by Gasteiger charge is 2.47. The van der Waals surface area contributed by atoms with Crippen LogP contribution in [0.5, 0.6) is 0 Å². The van der Waals surface area contributed by atoms with Gasteiger partial charge >= 0.3 is 0 Å². The number of benzene rings is 1. The Morgan fingerprint density at radius 2 is 0.900 bits per heavy atom. The normalized spacial score (nSPS) is 31.1. The summed E-state index contributed by atoms with van der Waals surface area (Å²) in [6, 6.07) is 7.41. The monoisotopic (exact) mass is 402 g/mol. The summed E-state index contributed by atoms with van der Waals surface area (Å²) in [5.74, 6) is -0.616. The Morgan fingerprint density at radius 3 is 1.23 bits per heavy atom. The number of carbonyl (C=O) groups is 4. The Hall–Kier alpha value is -2.62. The molecule has 0 saturated heterocycles. The van der Waals surface area contributed by atoms with E-state index in [1.54, 1.807) is 12.2 Å². The van der Waals surface area contributed by atoms with Gasteiger partial charge in [-0.2, -0.15) is 0 Å². The molecule has 4 atom stereocenters. The van der Waals surface area contributed by atoms with Crippen molar-refractivity contribution in [2.24, 2.45) is 23.7 Å². The van der Waals surface area contributed by atoms with Gasteiger partial charge in [0.05, 0.1) is 11.1 Å². The molecule has 0 N–H and O–H groups in total. The molecular formula is C26H26O4. The van der Waals surface area contributed by atoms with Crippen molar-refractivity contribution in [3.05, 3.63) is 46.5 Å². The zero-order valence-electron chi connectivity index (χ0n) is 17.1. The minimum atomic E-state index is -0.139. The molecule has 0 amide bonds. The van der Waals surface area contributed by atoms with E-state index in [9.17, 15) is 19.2 Å². The Kier molecular flexibility index (Phi) is 4.88. The van der Waals surface area contributed by atoms with E-state index in [0.29, 0.717) is 11.1 Å². The summed E-state index contributed by atoms with van der Waals surface area (Å²) in [6.07, 6.45) is 10.7. The third kappa shape index (κ3) is 3.13. The predicted octanol–water partition coefficient (Wildman–Crippen LogP) is 4.37.